The molecule has 0 aliphatic heterocycles. The lowest BCUT2D eigenvalue weighted by atomic mass is 9.96. The summed E-state index contributed by atoms with van der Waals surface area (Å²) in [6.45, 7) is 2.03. The van der Waals surface area contributed by atoms with Gasteiger partial charge in [0.2, 0.25) is 0 Å². The van der Waals surface area contributed by atoms with Crippen molar-refractivity contribution in [2.45, 2.75) is 32.6 Å². The number of benzene rings is 1. The molecule has 0 bridgehead atoms. The number of hydrogen-bond acceptors (Lipinski definition) is 1. The van der Waals surface area contributed by atoms with Crippen molar-refractivity contribution in [1.82, 2.24) is 9.78 Å². The van der Waals surface area contributed by atoms with Crippen LogP contribution in [0.25, 0.3) is 5.69 Å². The van der Waals surface area contributed by atoms with Gasteiger partial charge in [-0.3, -0.25) is 0 Å². The summed E-state index contributed by atoms with van der Waals surface area (Å²) >= 11 is 3.27. The zero-order valence-corrected chi connectivity index (χ0v) is 11.8. The number of halogens is 2. The lowest BCUT2D eigenvalue weighted by molar-refractivity contribution is 0.606. The first kappa shape index (κ1) is 11.9. The van der Waals surface area contributed by atoms with Gasteiger partial charge in [0, 0.05) is 10.2 Å². The van der Waals surface area contributed by atoms with Gasteiger partial charge in [0.15, 0.2) is 0 Å². The van der Waals surface area contributed by atoms with Gasteiger partial charge in [-0.05, 0) is 56.4 Å². The van der Waals surface area contributed by atoms with Gasteiger partial charge < -0.3 is 0 Å². The Kier molecular flexibility index (Phi) is 2.98. The number of fused-ring (bicyclic) bond motifs is 1. The van der Waals surface area contributed by atoms with E-state index in [-0.39, 0.29) is 5.82 Å². The van der Waals surface area contributed by atoms with Crippen molar-refractivity contribution in [2.24, 2.45) is 0 Å². The standard InChI is InChI=1S/C14H14BrFN2/c1-9-11-4-2-3-5-13(11)17-18(9)14-7-6-10(15)8-12(14)16/h6-8H,2-5H2,1H3. The van der Waals surface area contributed by atoms with E-state index in [0.29, 0.717) is 5.69 Å². The molecule has 0 amide bonds. The third-order valence-electron chi connectivity index (χ3n) is 3.55. The number of hydrogen-bond donors (Lipinski definition) is 0. The summed E-state index contributed by atoms with van der Waals surface area (Å²) in [5.74, 6) is -0.243. The van der Waals surface area contributed by atoms with E-state index in [1.807, 2.05) is 13.0 Å². The molecule has 1 aliphatic rings. The summed E-state index contributed by atoms with van der Waals surface area (Å²) in [6.07, 6.45) is 4.48. The molecular formula is C14H14BrFN2. The second-order valence-electron chi connectivity index (χ2n) is 4.73. The van der Waals surface area contributed by atoms with Gasteiger partial charge >= 0.3 is 0 Å². The first-order valence-electron chi connectivity index (χ1n) is 6.19. The van der Waals surface area contributed by atoms with Gasteiger partial charge in [0.1, 0.15) is 11.5 Å². The van der Waals surface area contributed by atoms with Crippen molar-refractivity contribution in [3.8, 4) is 5.69 Å². The van der Waals surface area contributed by atoms with E-state index >= 15 is 0 Å². The Labute approximate surface area is 114 Å². The molecule has 1 aromatic heterocycles. The Hall–Kier alpha value is -1.16. The topological polar surface area (TPSA) is 17.8 Å². The smallest absolute Gasteiger partial charge is 0.149 e. The zero-order chi connectivity index (χ0) is 12.7. The molecule has 94 valence electrons. The molecule has 3 rings (SSSR count). The van der Waals surface area contributed by atoms with Crippen LogP contribution >= 0.6 is 15.9 Å². The Morgan fingerprint density at radius 1 is 1.28 bits per heavy atom. The molecule has 2 nitrogen and oxygen atoms in total. The van der Waals surface area contributed by atoms with Crippen LogP contribution in [-0.4, -0.2) is 9.78 Å². The second kappa shape index (κ2) is 4.50. The minimum absolute atomic E-state index is 0.243. The van der Waals surface area contributed by atoms with Crippen molar-refractivity contribution in [3.05, 3.63) is 45.4 Å². The molecule has 4 heteroatoms. The summed E-state index contributed by atoms with van der Waals surface area (Å²) in [6, 6.07) is 5.10. The quantitative estimate of drug-likeness (QED) is 0.779. The van der Waals surface area contributed by atoms with E-state index in [2.05, 4.69) is 21.0 Å². The van der Waals surface area contributed by atoms with E-state index < -0.39 is 0 Å². The molecule has 0 spiro atoms. The lowest BCUT2D eigenvalue weighted by Crippen LogP contribution is -2.02. The minimum atomic E-state index is -0.243. The van der Waals surface area contributed by atoms with Crippen LogP contribution in [0.1, 0.15) is 29.8 Å². The van der Waals surface area contributed by atoms with Gasteiger partial charge in [-0.2, -0.15) is 5.10 Å². The van der Waals surface area contributed by atoms with Crippen molar-refractivity contribution in [3.63, 3.8) is 0 Å². The Balaban J connectivity index is 2.14. The predicted octanol–water partition coefficient (Wildman–Crippen LogP) is 3.96. The highest BCUT2D eigenvalue weighted by Crippen LogP contribution is 2.27. The number of aromatic nitrogens is 2. The predicted molar refractivity (Wildman–Crippen MR) is 72.6 cm³/mol. The van der Waals surface area contributed by atoms with Crippen LogP contribution in [0.15, 0.2) is 22.7 Å². The van der Waals surface area contributed by atoms with Crippen molar-refractivity contribution in [1.29, 1.82) is 0 Å². The van der Waals surface area contributed by atoms with Crippen molar-refractivity contribution in [2.75, 3.05) is 0 Å². The molecule has 1 aliphatic carbocycles. The zero-order valence-electron chi connectivity index (χ0n) is 10.2. The molecule has 2 aromatic rings. The summed E-state index contributed by atoms with van der Waals surface area (Å²) < 4.78 is 16.5. The molecule has 0 radical (unpaired) electrons. The second-order valence-corrected chi connectivity index (χ2v) is 5.64. The highest BCUT2D eigenvalue weighted by molar-refractivity contribution is 9.10. The lowest BCUT2D eigenvalue weighted by Gasteiger charge is -2.09. The minimum Gasteiger partial charge on any atom is -0.235 e. The maximum Gasteiger partial charge on any atom is 0.149 e. The Morgan fingerprint density at radius 3 is 2.78 bits per heavy atom. The van der Waals surface area contributed by atoms with Crippen molar-refractivity contribution < 1.29 is 4.39 Å². The Bertz CT molecular complexity index is 604. The molecule has 0 N–H and O–H groups in total. The largest absolute Gasteiger partial charge is 0.235 e. The van der Waals surface area contributed by atoms with Gasteiger partial charge in [0.25, 0.3) is 0 Å². The maximum absolute atomic E-state index is 14.0. The molecular weight excluding hydrogens is 295 g/mol. The van der Waals surface area contributed by atoms with Gasteiger partial charge in [-0.25, -0.2) is 9.07 Å². The van der Waals surface area contributed by atoms with Crippen LogP contribution in [0.2, 0.25) is 0 Å². The van der Waals surface area contributed by atoms with Crippen LogP contribution < -0.4 is 0 Å². The van der Waals surface area contributed by atoms with E-state index in [0.717, 1.165) is 28.7 Å². The summed E-state index contributed by atoms with van der Waals surface area (Å²) in [5, 5.41) is 4.57. The average Bonchev–Trinajstić information content (AvgIpc) is 2.68. The summed E-state index contributed by atoms with van der Waals surface area (Å²) in [4.78, 5) is 0. The van der Waals surface area contributed by atoms with Gasteiger partial charge in [-0.1, -0.05) is 15.9 Å². The molecule has 0 saturated carbocycles. The van der Waals surface area contributed by atoms with E-state index in [1.54, 1.807) is 10.7 Å². The fraction of sp³-hybridized carbons (Fsp3) is 0.357. The molecule has 1 heterocycles. The van der Waals surface area contributed by atoms with E-state index in [4.69, 9.17) is 0 Å². The first-order chi connectivity index (χ1) is 8.66. The van der Waals surface area contributed by atoms with Gasteiger partial charge in [-0.15, -0.1) is 0 Å². The number of aryl methyl sites for hydroxylation is 1. The van der Waals surface area contributed by atoms with E-state index in [9.17, 15) is 4.39 Å². The van der Waals surface area contributed by atoms with Gasteiger partial charge in [0.05, 0.1) is 5.69 Å². The fourth-order valence-electron chi connectivity index (χ4n) is 2.60. The first-order valence-corrected chi connectivity index (χ1v) is 6.99. The van der Waals surface area contributed by atoms with E-state index in [1.165, 1.54) is 24.5 Å². The number of rotatable bonds is 1. The summed E-state index contributed by atoms with van der Waals surface area (Å²) in [5.41, 5.74) is 4.06. The molecule has 0 fully saturated rings. The molecule has 18 heavy (non-hydrogen) atoms. The molecule has 0 saturated heterocycles. The number of nitrogens with zero attached hydrogens (tertiary/aromatic N) is 2. The third-order valence-corrected chi connectivity index (χ3v) is 4.05. The van der Waals surface area contributed by atoms with Crippen molar-refractivity contribution >= 4 is 15.9 Å². The van der Waals surface area contributed by atoms with Crippen LogP contribution in [-0.2, 0) is 12.8 Å². The molecule has 0 atom stereocenters. The third kappa shape index (κ3) is 1.88. The monoisotopic (exact) mass is 308 g/mol. The Morgan fingerprint density at radius 2 is 2.06 bits per heavy atom. The highest BCUT2D eigenvalue weighted by Gasteiger charge is 2.19. The average molecular weight is 309 g/mol. The SMILES string of the molecule is Cc1c2c(nn1-c1ccc(Br)cc1F)CCCC2. The van der Waals surface area contributed by atoms with Crippen LogP contribution in [0.5, 0.6) is 0 Å². The maximum atomic E-state index is 14.0. The van der Waals surface area contributed by atoms with Crippen LogP contribution in [0.3, 0.4) is 0 Å². The summed E-state index contributed by atoms with van der Waals surface area (Å²) in [7, 11) is 0. The van der Waals surface area contributed by atoms with Crippen LogP contribution in [0, 0.1) is 12.7 Å². The normalized spacial score (nSPS) is 14.6. The highest BCUT2D eigenvalue weighted by atomic mass is 79.9. The molecule has 1 aromatic carbocycles. The fourth-order valence-corrected chi connectivity index (χ4v) is 2.93. The van der Waals surface area contributed by atoms with Crippen LogP contribution in [0.4, 0.5) is 4.39 Å². The molecule has 0 unspecified atom stereocenters.